The molecular formula is C29H28N2O2. The van der Waals surface area contributed by atoms with Gasteiger partial charge >= 0.3 is 5.97 Å². The number of aromatic nitrogens is 1. The topological polar surface area (TPSA) is 53.4 Å². The van der Waals surface area contributed by atoms with Crippen molar-refractivity contribution >= 4 is 5.97 Å². The van der Waals surface area contributed by atoms with E-state index in [0.717, 1.165) is 27.9 Å². The van der Waals surface area contributed by atoms with Crippen molar-refractivity contribution in [1.82, 2.24) is 9.88 Å². The molecule has 0 saturated heterocycles. The molecule has 33 heavy (non-hydrogen) atoms. The Morgan fingerprint density at radius 1 is 0.848 bits per heavy atom. The van der Waals surface area contributed by atoms with Crippen molar-refractivity contribution in [2.24, 2.45) is 0 Å². The number of pyridine rings is 1. The van der Waals surface area contributed by atoms with Crippen molar-refractivity contribution in [2.75, 3.05) is 0 Å². The zero-order chi connectivity index (χ0) is 23.0. The third-order valence-electron chi connectivity index (χ3n) is 5.99. The Kier molecular flexibility index (Phi) is 7.28. The predicted octanol–water partition coefficient (Wildman–Crippen LogP) is 6.53. The first-order valence-corrected chi connectivity index (χ1v) is 11.2. The molecule has 0 aliphatic carbocycles. The third kappa shape index (κ3) is 5.73. The molecule has 1 N–H and O–H groups in total. The van der Waals surface area contributed by atoms with Gasteiger partial charge < -0.3 is 5.11 Å². The Balaban J connectivity index is 1.77. The molecule has 4 aromatic rings. The molecular weight excluding hydrogens is 408 g/mol. The van der Waals surface area contributed by atoms with Gasteiger partial charge in [-0.25, -0.2) is 0 Å². The highest BCUT2D eigenvalue weighted by atomic mass is 16.4. The first kappa shape index (κ1) is 22.4. The van der Waals surface area contributed by atoms with Crippen LogP contribution in [0.2, 0.25) is 0 Å². The number of carboxylic acids is 1. The van der Waals surface area contributed by atoms with Crippen LogP contribution in [-0.2, 0) is 11.3 Å². The molecule has 0 spiro atoms. The van der Waals surface area contributed by atoms with Gasteiger partial charge in [-0.1, -0.05) is 84.9 Å². The Bertz CT molecular complexity index is 1160. The second kappa shape index (κ2) is 10.7. The lowest BCUT2D eigenvalue weighted by Crippen LogP contribution is -2.32. The maximum atomic E-state index is 12.0. The number of rotatable bonds is 9. The fourth-order valence-electron chi connectivity index (χ4n) is 4.27. The summed E-state index contributed by atoms with van der Waals surface area (Å²) >= 11 is 0. The minimum atomic E-state index is -0.818. The van der Waals surface area contributed by atoms with Crippen molar-refractivity contribution < 1.29 is 9.90 Å². The maximum Gasteiger partial charge on any atom is 0.305 e. The second-order valence-corrected chi connectivity index (χ2v) is 8.20. The van der Waals surface area contributed by atoms with E-state index >= 15 is 0 Å². The number of aliphatic carboxylic acids is 1. The number of benzene rings is 3. The molecule has 4 rings (SSSR count). The Labute approximate surface area is 195 Å². The highest BCUT2D eigenvalue weighted by Gasteiger charge is 2.28. The van der Waals surface area contributed by atoms with E-state index in [1.54, 1.807) is 6.20 Å². The van der Waals surface area contributed by atoms with Gasteiger partial charge in [-0.15, -0.1) is 0 Å². The van der Waals surface area contributed by atoms with E-state index in [1.165, 1.54) is 0 Å². The van der Waals surface area contributed by atoms with Crippen LogP contribution in [0.25, 0.3) is 11.3 Å². The van der Waals surface area contributed by atoms with E-state index < -0.39 is 5.97 Å². The summed E-state index contributed by atoms with van der Waals surface area (Å²) in [5.74, 6) is -0.818. The molecule has 0 bridgehead atoms. The average molecular weight is 437 g/mol. The second-order valence-electron chi connectivity index (χ2n) is 8.20. The lowest BCUT2D eigenvalue weighted by Gasteiger charge is -2.37. The molecule has 0 amide bonds. The van der Waals surface area contributed by atoms with E-state index in [9.17, 15) is 9.90 Å². The van der Waals surface area contributed by atoms with Crippen molar-refractivity contribution in [2.45, 2.75) is 32.0 Å². The number of nitrogens with zero attached hydrogens (tertiary/aromatic N) is 2. The summed E-state index contributed by atoms with van der Waals surface area (Å²) in [6.07, 6.45) is 1.78. The Morgan fingerprint density at radius 2 is 1.52 bits per heavy atom. The number of carboxylic acid groups (broad SMARTS) is 1. The Hall–Kier alpha value is -3.76. The highest BCUT2D eigenvalue weighted by Crippen LogP contribution is 2.36. The van der Waals surface area contributed by atoms with Gasteiger partial charge in [-0.05, 0) is 41.8 Å². The number of carbonyl (C=O) groups is 1. The Morgan fingerprint density at radius 3 is 2.18 bits per heavy atom. The predicted molar refractivity (Wildman–Crippen MR) is 132 cm³/mol. The maximum absolute atomic E-state index is 12.0. The number of hydrogen-bond donors (Lipinski definition) is 1. The lowest BCUT2D eigenvalue weighted by molar-refractivity contribution is -0.138. The molecule has 166 valence electrons. The van der Waals surface area contributed by atoms with Crippen LogP contribution in [0.3, 0.4) is 0 Å². The fraction of sp³-hybridized carbons (Fsp3) is 0.172. The zero-order valence-electron chi connectivity index (χ0n) is 18.7. The summed E-state index contributed by atoms with van der Waals surface area (Å²) in [5, 5.41) is 9.86. The summed E-state index contributed by atoms with van der Waals surface area (Å²) in [7, 11) is 0. The molecule has 0 aliphatic rings. The van der Waals surface area contributed by atoms with Crippen LogP contribution in [0, 0.1) is 0 Å². The molecule has 3 aromatic carbocycles. The van der Waals surface area contributed by atoms with Crippen LogP contribution in [0.15, 0.2) is 109 Å². The summed E-state index contributed by atoms with van der Waals surface area (Å²) in [4.78, 5) is 18.8. The van der Waals surface area contributed by atoms with Crippen molar-refractivity contribution in [1.29, 1.82) is 0 Å². The van der Waals surface area contributed by atoms with Crippen LogP contribution in [0.4, 0.5) is 0 Å². The minimum Gasteiger partial charge on any atom is -0.481 e. The van der Waals surface area contributed by atoms with Crippen LogP contribution in [-0.4, -0.2) is 21.0 Å². The molecule has 4 heteroatoms. The summed E-state index contributed by atoms with van der Waals surface area (Å²) in [6.45, 7) is 2.79. The van der Waals surface area contributed by atoms with Gasteiger partial charge in [0.2, 0.25) is 0 Å². The minimum absolute atomic E-state index is 0.00960. The van der Waals surface area contributed by atoms with Crippen molar-refractivity contribution in [3.63, 3.8) is 0 Å². The van der Waals surface area contributed by atoms with E-state index in [0.29, 0.717) is 6.54 Å². The quantitative estimate of drug-likeness (QED) is 0.324. The first-order valence-electron chi connectivity index (χ1n) is 11.2. The van der Waals surface area contributed by atoms with Crippen molar-refractivity contribution in [3.8, 4) is 11.3 Å². The molecule has 0 radical (unpaired) electrons. The van der Waals surface area contributed by atoms with E-state index in [2.05, 4.69) is 47.1 Å². The molecule has 1 heterocycles. The number of hydrogen-bond acceptors (Lipinski definition) is 3. The zero-order valence-corrected chi connectivity index (χ0v) is 18.7. The molecule has 1 aromatic heterocycles. The van der Waals surface area contributed by atoms with E-state index in [-0.39, 0.29) is 18.5 Å². The molecule has 0 aliphatic heterocycles. The van der Waals surface area contributed by atoms with E-state index in [4.69, 9.17) is 0 Å². The van der Waals surface area contributed by atoms with Gasteiger partial charge in [0.1, 0.15) is 0 Å². The van der Waals surface area contributed by atoms with Gasteiger partial charge in [0.15, 0.2) is 0 Å². The molecule has 2 atom stereocenters. The smallest absolute Gasteiger partial charge is 0.305 e. The van der Waals surface area contributed by atoms with Crippen LogP contribution < -0.4 is 0 Å². The first-order chi connectivity index (χ1) is 16.1. The lowest BCUT2D eigenvalue weighted by atomic mass is 9.95. The van der Waals surface area contributed by atoms with Gasteiger partial charge in [0.05, 0.1) is 12.1 Å². The largest absolute Gasteiger partial charge is 0.481 e. The SMILES string of the molecule is C[C@H](c1ccccc1)N(Cc1ccccc1)[C@@H](CC(=O)O)c1cccc(-c2ccccn2)c1. The molecule has 4 nitrogen and oxygen atoms in total. The summed E-state index contributed by atoms with van der Waals surface area (Å²) < 4.78 is 0. The van der Waals surface area contributed by atoms with Crippen LogP contribution in [0.1, 0.15) is 42.1 Å². The molecule has 0 unspecified atom stereocenters. The van der Waals surface area contributed by atoms with Crippen LogP contribution >= 0.6 is 0 Å². The fourth-order valence-corrected chi connectivity index (χ4v) is 4.27. The van der Waals surface area contributed by atoms with Crippen molar-refractivity contribution in [3.05, 3.63) is 126 Å². The van der Waals surface area contributed by atoms with Gasteiger partial charge in [0, 0.05) is 30.4 Å². The van der Waals surface area contributed by atoms with Gasteiger partial charge in [-0.2, -0.15) is 0 Å². The standard InChI is InChI=1S/C29H28N2O2/c1-22(24-13-6-3-7-14-24)31(21-23-11-4-2-5-12-23)28(20-29(32)33)26-16-10-15-25(19-26)27-17-8-9-18-30-27/h2-19,22,28H,20-21H2,1H3,(H,32,33)/t22-,28+/m1/s1. The summed E-state index contributed by atoms with van der Waals surface area (Å²) in [6, 6.07) is 34.1. The molecule has 0 saturated carbocycles. The van der Waals surface area contributed by atoms with Gasteiger partial charge in [-0.3, -0.25) is 14.7 Å². The summed E-state index contributed by atoms with van der Waals surface area (Å²) in [5.41, 5.74) is 5.13. The highest BCUT2D eigenvalue weighted by molar-refractivity contribution is 5.68. The monoisotopic (exact) mass is 436 g/mol. The van der Waals surface area contributed by atoms with Crippen LogP contribution in [0.5, 0.6) is 0 Å². The molecule has 0 fully saturated rings. The van der Waals surface area contributed by atoms with Gasteiger partial charge in [0.25, 0.3) is 0 Å². The average Bonchev–Trinajstić information content (AvgIpc) is 2.87. The third-order valence-corrected chi connectivity index (χ3v) is 5.99. The van der Waals surface area contributed by atoms with E-state index in [1.807, 2.05) is 72.8 Å². The normalized spacial score (nSPS) is 12.9.